The summed E-state index contributed by atoms with van der Waals surface area (Å²) in [5, 5.41) is 15.0. The molecule has 0 saturated heterocycles. The van der Waals surface area contributed by atoms with Gasteiger partial charge in [0.25, 0.3) is 0 Å². The van der Waals surface area contributed by atoms with Gasteiger partial charge in [-0.3, -0.25) is 4.98 Å². The molecule has 1 aliphatic carbocycles. The van der Waals surface area contributed by atoms with Crippen molar-refractivity contribution in [2.45, 2.75) is 26.5 Å². The fraction of sp³-hybridized carbons (Fsp3) is 0.316. The largest absolute Gasteiger partial charge is 0.383 e. The van der Waals surface area contributed by atoms with Crippen LogP contribution in [0.25, 0.3) is 22.0 Å². The second-order valence-corrected chi connectivity index (χ2v) is 6.84. The number of pyridine rings is 3. The molecule has 3 aromatic rings. The molecule has 1 saturated carbocycles. The minimum absolute atomic E-state index is 0.300. The predicted molar refractivity (Wildman–Crippen MR) is 98.8 cm³/mol. The van der Waals surface area contributed by atoms with Gasteiger partial charge in [-0.25, -0.2) is 9.97 Å². The Bertz CT molecular complexity index is 942. The van der Waals surface area contributed by atoms with Crippen LogP contribution >= 0.6 is 0 Å². The van der Waals surface area contributed by atoms with Crippen molar-refractivity contribution >= 4 is 22.4 Å². The van der Waals surface area contributed by atoms with Crippen LogP contribution in [0.1, 0.15) is 18.9 Å². The van der Waals surface area contributed by atoms with Gasteiger partial charge in [0, 0.05) is 35.5 Å². The third-order valence-electron chi connectivity index (χ3n) is 4.93. The summed E-state index contributed by atoms with van der Waals surface area (Å²) in [4.78, 5) is 13.0. The molecule has 3 heterocycles. The monoisotopic (exact) mass is 335 g/mol. The Hall–Kier alpha value is -2.73. The number of hydrogen-bond donors (Lipinski definition) is 3. The third-order valence-corrected chi connectivity index (χ3v) is 4.93. The Kier molecular flexibility index (Phi) is 3.77. The maximum absolute atomic E-state index is 10.2. The van der Waals surface area contributed by atoms with E-state index in [4.69, 9.17) is 5.73 Å². The first-order valence-electron chi connectivity index (χ1n) is 8.45. The van der Waals surface area contributed by atoms with Crippen LogP contribution < -0.4 is 11.1 Å². The summed E-state index contributed by atoms with van der Waals surface area (Å²) in [7, 11) is 0. The van der Waals surface area contributed by atoms with Gasteiger partial charge in [0.15, 0.2) is 0 Å². The summed E-state index contributed by atoms with van der Waals surface area (Å²) < 4.78 is 0. The molecule has 4 rings (SSSR count). The van der Waals surface area contributed by atoms with Gasteiger partial charge in [-0.1, -0.05) is 6.92 Å². The molecule has 3 aromatic heterocycles. The first-order chi connectivity index (χ1) is 12.0. The first kappa shape index (κ1) is 15.8. The van der Waals surface area contributed by atoms with E-state index in [1.54, 1.807) is 18.6 Å². The number of hydrogen-bond acceptors (Lipinski definition) is 6. The number of rotatable bonds is 4. The lowest BCUT2D eigenvalue weighted by atomic mass is 10.1. The SMILES string of the molecule is Cc1ccncc1-c1cc2cc(NC(O)C3C[C@@H]3C)ncc2c(N)n1. The number of aromatic nitrogens is 3. The number of fused-ring (bicyclic) bond motifs is 1. The molecule has 2 unspecified atom stereocenters. The van der Waals surface area contributed by atoms with Crippen LogP contribution in [0.3, 0.4) is 0 Å². The smallest absolute Gasteiger partial charge is 0.133 e. The predicted octanol–water partition coefficient (Wildman–Crippen LogP) is 2.97. The van der Waals surface area contributed by atoms with Gasteiger partial charge < -0.3 is 16.2 Å². The Morgan fingerprint density at radius 1 is 1.32 bits per heavy atom. The Morgan fingerprint density at radius 3 is 2.84 bits per heavy atom. The molecule has 0 radical (unpaired) electrons. The van der Waals surface area contributed by atoms with Gasteiger partial charge in [-0.15, -0.1) is 0 Å². The van der Waals surface area contributed by atoms with Gasteiger partial charge in [0.2, 0.25) is 0 Å². The first-order valence-corrected chi connectivity index (χ1v) is 8.45. The van der Waals surface area contributed by atoms with E-state index in [1.165, 1.54) is 0 Å². The van der Waals surface area contributed by atoms with E-state index in [0.29, 0.717) is 23.5 Å². The maximum atomic E-state index is 10.2. The highest BCUT2D eigenvalue weighted by molar-refractivity contribution is 5.94. The van der Waals surface area contributed by atoms with E-state index in [0.717, 1.165) is 34.0 Å². The van der Waals surface area contributed by atoms with Crippen LogP contribution in [0.2, 0.25) is 0 Å². The number of nitrogen functional groups attached to an aromatic ring is 1. The zero-order valence-electron chi connectivity index (χ0n) is 14.3. The van der Waals surface area contributed by atoms with Crippen molar-refractivity contribution in [3.63, 3.8) is 0 Å². The second-order valence-electron chi connectivity index (χ2n) is 6.84. The molecule has 0 amide bonds. The zero-order chi connectivity index (χ0) is 17.6. The molecule has 128 valence electrons. The molecule has 25 heavy (non-hydrogen) atoms. The number of aliphatic hydroxyl groups excluding tert-OH is 1. The lowest BCUT2D eigenvalue weighted by Crippen LogP contribution is -2.22. The quantitative estimate of drug-likeness (QED) is 0.634. The number of aliphatic hydroxyl groups is 1. The zero-order valence-corrected chi connectivity index (χ0v) is 14.3. The highest BCUT2D eigenvalue weighted by Gasteiger charge is 2.38. The normalized spacial score (nSPS) is 20.4. The summed E-state index contributed by atoms with van der Waals surface area (Å²) >= 11 is 0. The molecular formula is C19H21N5O. The Morgan fingerprint density at radius 2 is 2.12 bits per heavy atom. The van der Waals surface area contributed by atoms with Crippen molar-refractivity contribution in [1.29, 1.82) is 0 Å². The maximum Gasteiger partial charge on any atom is 0.133 e. The van der Waals surface area contributed by atoms with Crippen molar-refractivity contribution in [2.24, 2.45) is 11.8 Å². The van der Waals surface area contributed by atoms with Gasteiger partial charge in [-0.05, 0) is 48.4 Å². The molecule has 0 spiro atoms. The van der Waals surface area contributed by atoms with E-state index < -0.39 is 6.23 Å². The van der Waals surface area contributed by atoms with E-state index in [9.17, 15) is 5.11 Å². The van der Waals surface area contributed by atoms with E-state index >= 15 is 0 Å². The van der Waals surface area contributed by atoms with Crippen LogP contribution in [-0.2, 0) is 0 Å². The topological polar surface area (TPSA) is 97.0 Å². The van der Waals surface area contributed by atoms with E-state index in [2.05, 4.69) is 27.2 Å². The fourth-order valence-corrected chi connectivity index (χ4v) is 3.17. The lowest BCUT2D eigenvalue weighted by Gasteiger charge is -2.14. The van der Waals surface area contributed by atoms with Gasteiger partial charge in [-0.2, -0.15) is 0 Å². The van der Waals surface area contributed by atoms with Gasteiger partial charge in [0.1, 0.15) is 17.9 Å². The summed E-state index contributed by atoms with van der Waals surface area (Å²) in [6.07, 6.45) is 5.72. The molecule has 0 aromatic carbocycles. The summed E-state index contributed by atoms with van der Waals surface area (Å²) in [5.74, 6) is 1.93. The average molecular weight is 335 g/mol. The van der Waals surface area contributed by atoms with Gasteiger partial charge >= 0.3 is 0 Å². The summed E-state index contributed by atoms with van der Waals surface area (Å²) in [6.45, 7) is 4.16. The molecule has 0 aliphatic heterocycles. The summed E-state index contributed by atoms with van der Waals surface area (Å²) in [6, 6.07) is 5.83. The second kappa shape index (κ2) is 5.97. The van der Waals surface area contributed by atoms with Crippen molar-refractivity contribution in [3.05, 3.63) is 42.4 Å². The number of nitrogens with one attached hydrogen (secondary N) is 1. The number of anilines is 2. The average Bonchev–Trinajstić information content (AvgIpc) is 3.32. The summed E-state index contributed by atoms with van der Waals surface area (Å²) in [5.41, 5.74) is 8.96. The molecule has 6 nitrogen and oxygen atoms in total. The number of nitrogens with zero attached hydrogens (tertiary/aromatic N) is 3. The Labute approximate surface area is 146 Å². The van der Waals surface area contributed by atoms with E-state index in [-0.39, 0.29) is 0 Å². The van der Waals surface area contributed by atoms with E-state index in [1.807, 2.05) is 25.1 Å². The standard InChI is InChI=1S/C19H21N5O/c1-10-3-4-21-8-14(10)16-6-12-7-17(22-9-15(12)18(20)23-16)24-19(25)13-5-11(13)2/h3-4,6-9,11,13,19,25H,5H2,1-2H3,(H2,20,23)(H,22,24)/t11-,13?,19?/m0/s1. The molecule has 1 fully saturated rings. The van der Waals surface area contributed by atoms with Crippen LogP contribution in [0.5, 0.6) is 0 Å². The van der Waals surface area contributed by atoms with Crippen LogP contribution in [0, 0.1) is 18.8 Å². The molecule has 6 heteroatoms. The highest BCUT2D eigenvalue weighted by Crippen LogP contribution is 2.40. The van der Waals surface area contributed by atoms with Crippen molar-refractivity contribution in [3.8, 4) is 11.3 Å². The molecular weight excluding hydrogens is 314 g/mol. The number of aryl methyl sites for hydroxylation is 1. The minimum atomic E-state index is -0.570. The van der Waals surface area contributed by atoms with Crippen LogP contribution in [0.15, 0.2) is 36.8 Å². The molecule has 3 atom stereocenters. The molecule has 1 aliphatic rings. The third kappa shape index (κ3) is 3.00. The molecule has 0 bridgehead atoms. The lowest BCUT2D eigenvalue weighted by molar-refractivity contribution is 0.174. The highest BCUT2D eigenvalue weighted by atomic mass is 16.3. The Balaban J connectivity index is 1.72. The van der Waals surface area contributed by atoms with Crippen LogP contribution in [-0.4, -0.2) is 26.3 Å². The van der Waals surface area contributed by atoms with Crippen molar-refractivity contribution < 1.29 is 5.11 Å². The van der Waals surface area contributed by atoms with Crippen molar-refractivity contribution in [1.82, 2.24) is 15.0 Å². The van der Waals surface area contributed by atoms with Crippen LogP contribution in [0.4, 0.5) is 11.6 Å². The molecule has 4 N–H and O–H groups in total. The number of nitrogens with two attached hydrogens (primary N) is 1. The fourth-order valence-electron chi connectivity index (χ4n) is 3.17. The minimum Gasteiger partial charge on any atom is -0.383 e. The van der Waals surface area contributed by atoms with Crippen molar-refractivity contribution in [2.75, 3.05) is 11.1 Å². The van der Waals surface area contributed by atoms with Gasteiger partial charge in [0.05, 0.1) is 5.69 Å².